The first-order valence-electron chi connectivity index (χ1n) is 8.20. The molecule has 1 fully saturated rings. The number of hydrogen-bond acceptors (Lipinski definition) is 3. The van der Waals surface area contributed by atoms with Gasteiger partial charge in [-0.05, 0) is 43.4 Å². The van der Waals surface area contributed by atoms with Crippen LogP contribution in [-0.2, 0) is 4.74 Å². The van der Waals surface area contributed by atoms with Gasteiger partial charge in [0.05, 0.1) is 25.4 Å². The molecule has 1 aliphatic carbocycles. The van der Waals surface area contributed by atoms with Crippen LogP contribution in [0.5, 0.6) is 0 Å². The fourth-order valence-electron chi connectivity index (χ4n) is 3.47. The Labute approximate surface area is 141 Å². The molecule has 22 heavy (non-hydrogen) atoms. The topological polar surface area (TPSA) is 32.7 Å². The van der Waals surface area contributed by atoms with Crippen LogP contribution in [0.25, 0.3) is 0 Å². The van der Waals surface area contributed by atoms with E-state index in [9.17, 15) is 5.11 Å². The zero-order valence-corrected chi connectivity index (χ0v) is 14.5. The summed E-state index contributed by atoms with van der Waals surface area (Å²) in [4.78, 5) is 2.40. The molecule has 1 saturated heterocycles. The molecule has 0 spiro atoms. The van der Waals surface area contributed by atoms with Crippen LogP contribution < -0.4 is 0 Å². The molecule has 3 rings (SSSR count). The summed E-state index contributed by atoms with van der Waals surface area (Å²) < 4.78 is 6.53. The normalized spacial score (nSPS) is 22.9. The fourth-order valence-corrected chi connectivity index (χ4v) is 3.73. The van der Waals surface area contributed by atoms with Gasteiger partial charge in [0.15, 0.2) is 0 Å². The number of allylic oxidation sites excluding steroid dienone is 1. The number of halogens is 1. The van der Waals surface area contributed by atoms with Gasteiger partial charge in [-0.15, -0.1) is 0 Å². The lowest BCUT2D eigenvalue weighted by Gasteiger charge is -2.39. The second-order valence-electron chi connectivity index (χ2n) is 6.11. The van der Waals surface area contributed by atoms with E-state index in [0.717, 1.165) is 49.2 Å². The number of hydrogen-bond donors (Lipinski definition) is 1. The lowest BCUT2D eigenvalue weighted by Crippen LogP contribution is -2.47. The Morgan fingerprint density at radius 2 is 1.82 bits per heavy atom. The number of nitrogens with zero attached hydrogens (tertiary/aromatic N) is 1. The third-order valence-electron chi connectivity index (χ3n) is 4.66. The smallest absolute Gasteiger partial charge is 0.0983 e. The van der Waals surface area contributed by atoms with Crippen LogP contribution in [0.2, 0.25) is 0 Å². The van der Waals surface area contributed by atoms with Crippen LogP contribution in [-0.4, -0.2) is 42.4 Å². The van der Waals surface area contributed by atoms with Gasteiger partial charge in [-0.2, -0.15) is 0 Å². The molecule has 0 bridgehead atoms. The fraction of sp³-hybridized carbons (Fsp3) is 0.556. The highest BCUT2D eigenvalue weighted by molar-refractivity contribution is 9.10. The van der Waals surface area contributed by atoms with Gasteiger partial charge in [-0.25, -0.2) is 0 Å². The summed E-state index contributed by atoms with van der Waals surface area (Å²) in [5.74, 6) is 0. The van der Waals surface area contributed by atoms with Gasteiger partial charge in [0.1, 0.15) is 0 Å². The van der Waals surface area contributed by atoms with Crippen molar-refractivity contribution < 1.29 is 9.84 Å². The summed E-state index contributed by atoms with van der Waals surface area (Å²) in [6, 6.07) is 8.14. The average molecular weight is 366 g/mol. The SMILES string of the molecule is O[C@H](c1ccc(Br)cc1)[C@H](C1=CCCCC1)N1CCOCC1. The summed E-state index contributed by atoms with van der Waals surface area (Å²) in [5, 5.41) is 11.0. The van der Waals surface area contributed by atoms with E-state index >= 15 is 0 Å². The van der Waals surface area contributed by atoms with Crippen molar-refractivity contribution in [3.05, 3.63) is 46.0 Å². The molecule has 0 saturated carbocycles. The molecule has 1 N–H and O–H groups in total. The Bertz CT molecular complexity index is 508. The Hall–Kier alpha value is -0.680. The number of rotatable bonds is 4. The first-order chi connectivity index (χ1) is 10.8. The maximum atomic E-state index is 11.0. The van der Waals surface area contributed by atoms with Crippen LogP contribution in [0, 0.1) is 0 Å². The van der Waals surface area contributed by atoms with Crippen molar-refractivity contribution in [2.75, 3.05) is 26.3 Å². The molecular formula is C18H24BrNO2. The molecule has 0 amide bonds. The lowest BCUT2D eigenvalue weighted by atomic mass is 9.87. The zero-order valence-electron chi connectivity index (χ0n) is 12.9. The second kappa shape index (κ2) is 7.73. The molecule has 4 heteroatoms. The van der Waals surface area contributed by atoms with E-state index in [4.69, 9.17) is 4.74 Å². The summed E-state index contributed by atoms with van der Waals surface area (Å²) in [6.07, 6.45) is 6.63. The molecule has 0 radical (unpaired) electrons. The third kappa shape index (κ3) is 3.80. The van der Waals surface area contributed by atoms with E-state index in [1.165, 1.54) is 18.4 Å². The van der Waals surface area contributed by atoms with Crippen molar-refractivity contribution in [3.8, 4) is 0 Å². The minimum absolute atomic E-state index is 0.0883. The van der Waals surface area contributed by atoms with Crippen molar-refractivity contribution in [3.63, 3.8) is 0 Å². The van der Waals surface area contributed by atoms with E-state index in [-0.39, 0.29) is 6.04 Å². The molecule has 3 nitrogen and oxygen atoms in total. The average Bonchev–Trinajstić information content (AvgIpc) is 2.57. The monoisotopic (exact) mass is 365 g/mol. The predicted molar refractivity (Wildman–Crippen MR) is 91.8 cm³/mol. The molecule has 2 atom stereocenters. The van der Waals surface area contributed by atoms with E-state index in [2.05, 4.69) is 26.9 Å². The van der Waals surface area contributed by atoms with Gasteiger partial charge in [0, 0.05) is 17.6 Å². The maximum absolute atomic E-state index is 11.0. The Kier molecular flexibility index (Phi) is 5.69. The Morgan fingerprint density at radius 3 is 2.45 bits per heavy atom. The summed E-state index contributed by atoms with van der Waals surface area (Å²) in [6.45, 7) is 3.32. The summed E-state index contributed by atoms with van der Waals surface area (Å²) >= 11 is 3.46. The molecule has 0 aromatic heterocycles. The zero-order chi connectivity index (χ0) is 15.4. The quantitative estimate of drug-likeness (QED) is 0.826. The largest absolute Gasteiger partial charge is 0.386 e. The lowest BCUT2D eigenvalue weighted by molar-refractivity contribution is -0.0123. The molecule has 1 aromatic carbocycles. The van der Waals surface area contributed by atoms with Crippen molar-refractivity contribution >= 4 is 15.9 Å². The number of benzene rings is 1. The first kappa shape index (κ1) is 16.2. The van der Waals surface area contributed by atoms with E-state index in [1.54, 1.807) is 0 Å². The van der Waals surface area contributed by atoms with Gasteiger partial charge in [-0.3, -0.25) is 4.90 Å². The summed E-state index contributed by atoms with van der Waals surface area (Å²) in [7, 11) is 0. The maximum Gasteiger partial charge on any atom is 0.0983 e. The molecular weight excluding hydrogens is 342 g/mol. The number of aliphatic hydroxyl groups is 1. The molecule has 0 unspecified atom stereocenters. The molecule has 120 valence electrons. The predicted octanol–water partition coefficient (Wildman–Crippen LogP) is 3.68. The van der Waals surface area contributed by atoms with Crippen LogP contribution >= 0.6 is 15.9 Å². The number of aliphatic hydroxyl groups excluding tert-OH is 1. The van der Waals surface area contributed by atoms with Gasteiger partial charge in [0.2, 0.25) is 0 Å². The summed E-state index contributed by atoms with van der Waals surface area (Å²) in [5.41, 5.74) is 2.40. The minimum atomic E-state index is -0.476. The van der Waals surface area contributed by atoms with Crippen molar-refractivity contribution in [1.29, 1.82) is 0 Å². The van der Waals surface area contributed by atoms with Crippen molar-refractivity contribution in [1.82, 2.24) is 4.90 Å². The number of morpholine rings is 1. The molecule has 1 heterocycles. The Balaban J connectivity index is 1.86. The first-order valence-corrected chi connectivity index (χ1v) is 8.99. The highest BCUT2D eigenvalue weighted by atomic mass is 79.9. The van der Waals surface area contributed by atoms with Crippen LogP contribution in [0.15, 0.2) is 40.4 Å². The standard InChI is InChI=1S/C18H24BrNO2/c19-16-8-6-15(7-9-16)18(21)17(14-4-2-1-3-5-14)20-10-12-22-13-11-20/h4,6-9,17-18,21H,1-3,5,10-13H2/t17-,18+/m0/s1. The molecule has 2 aliphatic rings. The third-order valence-corrected chi connectivity index (χ3v) is 5.18. The highest BCUT2D eigenvalue weighted by Gasteiger charge is 2.31. The van der Waals surface area contributed by atoms with Crippen LogP contribution in [0.4, 0.5) is 0 Å². The second-order valence-corrected chi connectivity index (χ2v) is 7.03. The minimum Gasteiger partial charge on any atom is -0.386 e. The van der Waals surface area contributed by atoms with Crippen LogP contribution in [0.3, 0.4) is 0 Å². The van der Waals surface area contributed by atoms with Gasteiger partial charge >= 0.3 is 0 Å². The van der Waals surface area contributed by atoms with Gasteiger partial charge in [0.25, 0.3) is 0 Å². The van der Waals surface area contributed by atoms with Crippen LogP contribution in [0.1, 0.15) is 37.4 Å². The van der Waals surface area contributed by atoms with Gasteiger partial charge < -0.3 is 9.84 Å². The number of ether oxygens (including phenoxy) is 1. The van der Waals surface area contributed by atoms with E-state index < -0.39 is 6.10 Å². The van der Waals surface area contributed by atoms with E-state index in [1.807, 2.05) is 24.3 Å². The highest BCUT2D eigenvalue weighted by Crippen LogP contribution is 2.32. The van der Waals surface area contributed by atoms with Gasteiger partial charge in [-0.1, -0.05) is 39.7 Å². The Morgan fingerprint density at radius 1 is 1.09 bits per heavy atom. The molecule has 1 aromatic rings. The van der Waals surface area contributed by atoms with E-state index in [0.29, 0.717) is 0 Å². The molecule has 1 aliphatic heterocycles. The van der Waals surface area contributed by atoms with Crippen molar-refractivity contribution in [2.24, 2.45) is 0 Å². The van der Waals surface area contributed by atoms with Crippen molar-refractivity contribution in [2.45, 2.75) is 37.8 Å².